The van der Waals surface area contributed by atoms with Crippen LogP contribution in [0.15, 0.2) is 67.3 Å². The molecule has 1 amide bonds. The number of nitrogens with zero attached hydrogens (tertiary/aromatic N) is 4. The lowest BCUT2D eigenvalue weighted by molar-refractivity contribution is 0.102. The Labute approximate surface area is 212 Å². The zero-order chi connectivity index (χ0) is 25.1. The Bertz CT molecular complexity index is 1380. The van der Waals surface area contributed by atoms with Crippen LogP contribution in [0.25, 0.3) is 22.0 Å². The van der Waals surface area contributed by atoms with Gasteiger partial charge >= 0.3 is 0 Å². The summed E-state index contributed by atoms with van der Waals surface area (Å²) in [5.41, 5.74) is 4.59. The summed E-state index contributed by atoms with van der Waals surface area (Å²) in [6.45, 7) is 6.37. The average molecular weight is 481 g/mol. The zero-order valence-corrected chi connectivity index (χ0v) is 21.0. The van der Waals surface area contributed by atoms with Gasteiger partial charge in [-0.1, -0.05) is 12.1 Å². The Hall–Kier alpha value is -3.84. The van der Waals surface area contributed by atoms with Crippen molar-refractivity contribution in [1.29, 1.82) is 0 Å². The van der Waals surface area contributed by atoms with Crippen molar-refractivity contribution < 1.29 is 4.79 Å². The van der Waals surface area contributed by atoms with Crippen molar-refractivity contribution in [3.63, 3.8) is 0 Å². The van der Waals surface area contributed by atoms with Gasteiger partial charge in [0.2, 0.25) is 0 Å². The normalized spacial score (nSPS) is 14.8. The number of anilines is 2. The molecule has 1 aliphatic rings. The van der Waals surface area contributed by atoms with Crippen LogP contribution in [-0.4, -0.2) is 51.9 Å². The van der Waals surface area contributed by atoms with E-state index >= 15 is 0 Å². The van der Waals surface area contributed by atoms with Crippen LogP contribution in [-0.2, 0) is 0 Å². The van der Waals surface area contributed by atoms with Crippen LogP contribution in [0, 0.1) is 0 Å². The van der Waals surface area contributed by atoms with Gasteiger partial charge < -0.3 is 15.5 Å². The lowest BCUT2D eigenvalue weighted by Gasteiger charge is -2.29. The summed E-state index contributed by atoms with van der Waals surface area (Å²) in [6, 6.07) is 14.3. The Kier molecular flexibility index (Phi) is 6.91. The predicted octanol–water partition coefficient (Wildman–Crippen LogP) is 5.57. The maximum atomic E-state index is 13.1. The summed E-state index contributed by atoms with van der Waals surface area (Å²) in [5, 5.41) is 8.21. The molecule has 2 N–H and O–H groups in total. The third-order valence-corrected chi connectivity index (χ3v) is 6.67. The van der Waals surface area contributed by atoms with Crippen LogP contribution in [0.1, 0.15) is 48.5 Å². The van der Waals surface area contributed by atoms with Gasteiger partial charge in [-0.2, -0.15) is 0 Å². The van der Waals surface area contributed by atoms with Gasteiger partial charge in [0.1, 0.15) is 5.82 Å². The fraction of sp³-hybridized carbons (Fsp3) is 0.310. The first-order valence-electron chi connectivity index (χ1n) is 12.5. The highest BCUT2D eigenvalue weighted by Gasteiger charge is 2.19. The minimum atomic E-state index is -0.150. The van der Waals surface area contributed by atoms with Crippen LogP contribution in [0.5, 0.6) is 0 Å². The molecule has 0 unspecified atom stereocenters. The quantitative estimate of drug-likeness (QED) is 0.375. The average Bonchev–Trinajstić information content (AvgIpc) is 2.88. The zero-order valence-electron chi connectivity index (χ0n) is 21.0. The number of hydrogen-bond acceptors (Lipinski definition) is 6. The molecule has 3 aromatic heterocycles. The summed E-state index contributed by atoms with van der Waals surface area (Å²) >= 11 is 0. The minimum Gasteiger partial charge on any atom is -0.382 e. The third kappa shape index (κ3) is 5.52. The first-order chi connectivity index (χ1) is 17.4. The molecule has 184 valence electrons. The van der Waals surface area contributed by atoms with E-state index in [2.05, 4.69) is 57.4 Å². The molecule has 0 spiro atoms. The number of carbonyl (C=O) groups excluding carboxylic acids is 1. The number of piperidine rings is 1. The molecule has 0 aliphatic carbocycles. The van der Waals surface area contributed by atoms with Gasteiger partial charge in [-0.15, -0.1) is 0 Å². The highest BCUT2D eigenvalue weighted by atomic mass is 16.1. The number of rotatable bonds is 6. The summed E-state index contributed by atoms with van der Waals surface area (Å²) in [5.74, 6) is 0.868. The molecule has 0 radical (unpaired) electrons. The van der Waals surface area contributed by atoms with Crippen molar-refractivity contribution in [2.24, 2.45) is 0 Å². The van der Waals surface area contributed by atoms with Crippen LogP contribution in [0.4, 0.5) is 11.5 Å². The highest BCUT2D eigenvalue weighted by molar-refractivity contribution is 6.04. The van der Waals surface area contributed by atoms with Crippen molar-refractivity contribution >= 4 is 28.2 Å². The van der Waals surface area contributed by atoms with Crippen molar-refractivity contribution in [2.75, 3.05) is 30.8 Å². The summed E-state index contributed by atoms with van der Waals surface area (Å²) in [7, 11) is 2.16. The standard InChI is InChI=1S/C29H32N6O/c1-19(2)33-26-12-24(15-30-18-26)27-13-23-14-28(32-17-25(23)16-31-27)34-29(36)22-6-4-5-21(11-22)20-7-9-35(3)10-8-20/h4-6,11-20,33H,7-10H2,1-3H3,(H,32,34,36). The molecular formula is C29H32N6O. The van der Waals surface area contributed by atoms with Gasteiger partial charge in [-0.25, -0.2) is 4.98 Å². The fourth-order valence-electron chi connectivity index (χ4n) is 4.72. The molecule has 7 nitrogen and oxygen atoms in total. The van der Waals surface area contributed by atoms with Crippen LogP contribution in [0.3, 0.4) is 0 Å². The maximum Gasteiger partial charge on any atom is 0.256 e. The van der Waals surface area contributed by atoms with Crippen LogP contribution >= 0.6 is 0 Å². The monoisotopic (exact) mass is 480 g/mol. The number of nitrogens with one attached hydrogen (secondary N) is 2. The molecule has 0 saturated carbocycles. The number of amides is 1. The fourth-order valence-corrected chi connectivity index (χ4v) is 4.72. The Morgan fingerprint density at radius 2 is 1.78 bits per heavy atom. The molecule has 1 fully saturated rings. The van der Waals surface area contributed by atoms with Crippen molar-refractivity contribution in [2.45, 2.75) is 38.6 Å². The van der Waals surface area contributed by atoms with Crippen LogP contribution in [0.2, 0.25) is 0 Å². The Morgan fingerprint density at radius 1 is 0.972 bits per heavy atom. The smallest absolute Gasteiger partial charge is 0.256 e. The van der Waals surface area contributed by atoms with Gasteiger partial charge in [0.05, 0.1) is 11.4 Å². The number of fused-ring (bicyclic) bond motifs is 1. The molecule has 7 heteroatoms. The molecule has 5 rings (SSSR count). The van der Waals surface area contributed by atoms with E-state index in [0.29, 0.717) is 23.3 Å². The van der Waals surface area contributed by atoms with Crippen molar-refractivity contribution in [3.8, 4) is 11.3 Å². The summed E-state index contributed by atoms with van der Waals surface area (Å²) in [6.07, 6.45) is 9.40. The van der Waals surface area contributed by atoms with E-state index in [-0.39, 0.29) is 5.91 Å². The second-order valence-electron chi connectivity index (χ2n) is 9.90. The Balaban J connectivity index is 1.35. The summed E-state index contributed by atoms with van der Waals surface area (Å²) < 4.78 is 0. The SMILES string of the molecule is CC(C)Nc1cncc(-c2cc3cc(NC(=O)c4cccc(C5CCN(C)CC5)c4)ncc3cn2)c1. The van der Waals surface area contributed by atoms with E-state index in [0.717, 1.165) is 53.6 Å². The molecule has 0 atom stereocenters. The van der Waals surface area contributed by atoms with E-state index in [1.807, 2.05) is 42.6 Å². The van der Waals surface area contributed by atoms with Crippen molar-refractivity contribution in [1.82, 2.24) is 19.9 Å². The molecule has 1 aliphatic heterocycles. The third-order valence-electron chi connectivity index (χ3n) is 6.67. The molecule has 4 aromatic rings. The predicted molar refractivity (Wildman–Crippen MR) is 145 cm³/mol. The maximum absolute atomic E-state index is 13.1. The summed E-state index contributed by atoms with van der Waals surface area (Å²) in [4.78, 5) is 28.8. The number of carbonyl (C=O) groups is 1. The molecule has 36 heavy (non-hydrogen) atoms. The van der Waals surface area contributed by atoms with Gasteiger partial charge in [0.15, 0.2) is 0 Å². The number of pyridine rings is 3. The molecule has 4 heterocycles. The molecular weight excluding hydrogens is 448 g/mol. The van der Waals surface area contributed by atoms with E-state index in [1.54, 1.807) is 18.6 Å². The number of aromatic nitrogens is 3. The first-order valence-corrected chi connectivity index (χ1v) is 12.5. The number of hydrogen-bond donors (Lipinski definition) is 2. The largest absolute Gasteiger partial charge is 0.382 e. The number of benzene rings is 1. The van der Waals surface area contributed by atoms with Gasteiger partial charge in [0, 0.05) is 47.3 Å². The molecule has 0 bridgehead atoms. The van der Waals surface area contributed by atoms with E-state index in [9.17, 15) is 4.79 Å². The van der Waals surface area contributed by atoms with Gasteiger partial charge in [-0.3, -0.25) is 14.8 Å². The van der Waals surface area contributed by atoms with E-state index < -0.39 is 0 Å². The molecule has 1 saturated heterocycles. The molecule has 1 aromatic carbocycles. The second-order valence-corrected chi connectivity index (χ2v) is 9.90. The van der Waals surface area contributed by atoms with E-state index in [4.69, 9.17) is 0 Å². The first kappa shape index (κ1) is 23.9. The topological polar surface area (TPSA) is 83.0 Å². The van der Waals surface area contributed by atoms with Crippen LogP contribution < -0.4 is 10.6 Å². The Morgan fingerprint density at radius 3 is 2.58 bits per heavy atom. The second kappa shape index (κ2) is 10.4. The van der Waals surface area contributed by atoms with Gasteiger partial charge in [0.25, 0.3) is 5.91 Å². The highest BCUT2D eigenvalue weighted by Crippen LogP contribution is 2.28. The lowest BCUT2D eigenvalue weighted by Crippen LogP contribution is -2.29. The van der Waals surface area contributed by atoms with Crippen molar-refractivity contribution in [3.05, 3.63) is 78.4 Å². The van der Waals surface area contributed by atoms with Gasteiger partial charge in [-0.05, 0) is 94.0 Å². The number of likely N-dealkylation sites (tertiary alicyclic amines) is 1. The van der Waals surface area contributed by atoms with E-state index in [1.165, 1.54) is 5.56 Å². The minimum absolute atomic E-state index is 0.150. The lowest BCUT2D eigenvalue weighted by atomic mass is 9.89.